The van der Waals surface area contributed by atoms with Crippen LogP contribution in [0.2, 0.25) is 0 Å². The average molecular weight is 398 g/mol. The monoisotopic (exact) mass is 398 g/mol. The number of thiazole rings is 1. The summed E-state index contributed by atoms with van der Waals surface area (Å²) >= 11 is 1.33. The Bertz CT molecular complexity index is 879. The van der Waals surface area contributed by atoms with Gasteiger partial charge in [0.1, 0.15) is 0 Å². The lowest BCUT2D eigenvalue weighted by Gasteiger charge is -2.07. The second kappa shape index (κ2) is 10.2. The standard InChI is InChI=1S/C15H19FN6O4S/c16-10-9-22(15(26)20-11(10)23)14(25)19-6-4-2-1-3-5-17-12(24)21-13-18-7-8-27-13/h7-9H,1-6H2,(H,19,25)(H,20,23,26)(H2,17,18,21,24). The van der Waals surface area contributed by atoms with Crippen molar-refractivity contribution in [1.82, 2.24) is 25.2 Å². The minimum Gasteiger partial charge on any atom is -0.338 e. The van der Waals surface area contributed by atoms with Crippen LogP contribution in [0.1, 0.15) is 25.7 Å². The highest BCUT2D eigenvalue weighted by Gasteiger charge is 2.10. The first-order chi connectivity index (χ1) is 13.0. The Hall–Kier alpha value is -3.02. The fourth-order valence-corrected chi connectivity index (χ4v) is 2.63. The zero-order valence-corrected chi connectivity index (χ0v) is 15.1. The van der Waals surface area contributed by atoms with E-state index in [2.05, 4.69) is 20.9 Å². The molecule has 0 unspecified atom stereocenters. The van der Waals surface area contributed by atoms with Gasteiger partial charge < -0.3 is 10.6 Å². The van der Waals surface area contributed by atoms with Gasteiger partial charge in [0.2, 0.25) is 5.82 Å². The van der Waals surface area contributed by atoms with Crippen molar-refractivity contribution in [2.75, 3.05) is 18.4 Å². The van der Waals surface area contributed by atoms with Crippen LogP contribution in [0.15, 0.2) is 27.4 Å². The average Bonchev–Trinajstić information content (AvgIpc) is 3.13. The molecule has 2 aromatic rings. The van der Waals surface area contributed by atoms with E-state index in [1.54, 1.807) is 16.6 Å². The molecule has 2 rings (SSSR count). The molecule has 27 heavy (non-hydrogen) atoms. The second-order valence-electron chi connectivity index (χ2n) is 5.47. The maximum absolute atomic E-state index is 13.1. The summed E-state index contributed by atoms with van der Waals surface area (Å²) in [4.78, 5) is 51.3. The summed E-state index contributed by atoms with van der Waals surface area (Å²) in [6, 6.07) is -1.12. The Morgan fingerprint density at radius 2 is 1.85 bits per heavy atom. The molecule has 0 aliphatic carbocycles. The van der Waals surface area contributed by atoms with Crippen molar-refractivity contribution >= 4 is 28.5 Å². The summed E-state index contributed by atoms with van der Waals surface area (Å²) in [5, 5.41) is 10.1. The first kappa shape index (κ1) is 20.3. The molecule has 0 aliphatic heterocycles. The minimum atomic E-state index is -1.21. The lowest BCUT2D eigenvalue weighted by molar-refractivity contribution is 0.240. The zero-order chi connectivity index (χ0) is 19.6. The van der Waals surface area contributed by atoms with Crippen molar-refractivity contribution in [1.29, 1.82) is 0 Å². The molecule has 2 heterocycles. The molecular formula is C15H19FN6O4S. The molecule has 0 aromatic carbocycles. The SMILES string of the molecule is O=C(NCCCCCCNC(=O)n1cc(F)c(=O)[nH]c1=O)Nc1nccs1. The predicted molar refractivity (Wildman–Crippen MR) is 97.7 cm³/mol. The summed E-state index contributed by atoms with van der Waals surface area (Å²) < 4.78 is 13.6. The van der Waals surface area contributed by atoms with E-state index in [1.165, 1.54) is 11.3 Å². The molecule has 0 bridgehead atoms. The Labute approximate surface area is 156 Å². The van der Waals surface area contributed by atoms with E-state index in [0.29, 0.717) is 35.4 Å². The number of carbonyl (C=O) groups is 2. The number of H-pyrrole nitrogens is 1. The number of anilines is 1. The van der Waals surface area contributed by atoms with Crippen molar-refractivity contribution < 1.29 is 14.0 Å². The first-order valence-corrected chi connectivity index (χ1v) is 9.09. The van der Waals surface area contributed by atoms with Crippen LogP contribution < -0.4 is 27.2 Å². The Morgan fingerprint density at radius 3 is 2.52 bits per heavy atom. The Balaban J connectivity index is 1.55. The van der Waals surface area contributed by atoms with Gasteiger partial charge in [0.15, 0.2) is 5.13 Å². The molecule has 0 aliphatic rings. The van der Waals surface area contributed by atoms with Gasteiger partial charge in [-0.25, -0.2) is 23.9 Å². The lowest BCUT2D eigenvalue weighted by atomic mass is 10.2. The molecule has 0 saturated carbocycles. The molecule has 12 heteroatoms. The fourth-order valence-electron chi connectivity index (χ4n) is 2.11. The molecular weight excluding hydrogens is 379 g/mol. The van der Waals surface area contributed by atoms with Crippen molar-refractivity contribution in [2.24, 2.45) is 0 Å². The molecule has 10 nitrogen and oxygen atoms in total. The van der Waals surface area contributed by atoms with Crippen molar-refractivity contribution in [3.63, 3.8) is 0 Å². The van der Waals surface area contributed by atoms with Gasteiger partial charge in [-0.2, -0.15) is 4.39 Å². The summed E-state index contributed by atoms with van der Waals surface area (Å²) in [7, 11) is 0. The molecule has 0 saturated heterocycles. The van der Waals surface area contributed by atoms with E-state index in [4.69, 9.17) is 0 Å². The number of carbonyl (C=O) groups excluding carboxylic acids is 2. The number of unbranched alkanes of at least 4 members (excludes halogenated alkanes) is 3. The van der Waals surface area contributed by atoms with Crippen molar-refractivity contribution in [3.05, 3.63) is 44.4 Å². The van der Waals surface area contributed by atoms with Crippen LogP contribution in [-0.2, 0) is 0 Å². The third-order valence-electron chi connectivity index (χ3n) is 3.44. The Morgan fingerprint density at radius 1 is 1.15 bits per heavy atom. The predicted octanol–water partition coefficient (Wildman–Crippen LogP) is 1.07. The Kier molecular flexibility index (Phi) is 7.67. The van der Waals surface area contributed by atoms with Gasteiger partial charge in [0, 0.05) is 24.7 Å². The lowest BCUT2D eigenvalue weighted by Crippen LogP contribution is -2.40. The summed E-state index contributed by atoms with van der Waals surface area (Å²) in [6.07, 6.45) is 5.20. The van der Waals surface area contributed by atoms with Gasteiger partial charge in [0.25, 0.3) is 5.56 Å². The fraction of sp³-hybridized carbons (Fsp3) is 0.400. The maximum Gasteiger partial charge on any atom is 0.336 e. The number of hydrogen-bond acceptors (Lipinski definition) is 6. The van der Waals surface area contributed by atoms with E-state index in [9.17, 15) is 23.6 Å². The molecule has 146 valence electrons. The van der Waals surface area contributed by atoms with Gasteiger partial charge in [-0.1, -0.05) is 12.8 Å². The molecule has 0 spiro atoms. The molecule has 0 atom stereocenters. The van der Waals surface area contributed by atoms with Crippen LogP contribution in [0.25, 0.3) is 0 Å². The summed E-state index contributed by atoms with van der Waals surface area (Å²) in [5.74, 6) is -1.21. The number of amides is 3. The highest BCUT2D eigenvalue weighted by Crippen LogP contribution is 2.09. The van der Waals surface area contributed by atoms with Crippen LogP contribution >= 0.6 is 11.3 Å². The molecule has 4 N–H and O–H groups in total. The third-order valence-corrected chi connectivity index (χ3v) is 4.12. The van der Waals surface area contributed by atoms with Gasteiger partial charge >= 0.3 is 17.8 Å². The maximum atomic E-state index is 13.1. The van der Waals surface area contributed by atoms with Gasteiger partial charge in [-0.05, 0) is 12.8 Å². The number of hydrogen-bond donors (Lipinski definition) is 4. The smallest absolute Gasteiger partial charge is 0.336 e. The van der Waals surface area contributed by atoms with Crippen LogP contribution in [0.3, 0.4) is 0 Å². The molecule has 2 aromatic heterocycles. The van der Waals surface area contributed by atoms with Crippen molar-refractivity contribution in [2.45, 2.75) is 25.7 Å². The van der Waals surface area contributed by atoms with E-state index >= 15 is 0 Å². The van der Waals surface area contributed by atoms with Crippen molar-refractivity contribution in [3.8, 4) is 0 Å². The molecule has 0 radical (unpaired) electrons. The normalized spacial score (nSPS) is 10.4. The van der Waals surface area contributed by atoms with Crippen LogP contribution in [0.5, 0.6) is 0 Å². The zero-order valence-electron chi connectivity index (χ0n) is 14.3. The van der Waals surface area contributed by atoms with E-state index in [0.717, 1.165) is 19.3 Å². The van der Waals surface area contributed by atoms with E-state index < -0.39 is 23.1 Å². The topological polar surface area (TPSA) is 138 Å². The minimum absolute atomic E-state index is 0.296. The van der Waals surface area contributed by atoms with Gasteiger partial charge in [-0.3, -0.25) is 15.1 Å². The van der Waals surface area contributed by atoms with Gasteiger partial charge in [-0.15, -0.1) is 11.3 Å². The number of nitrogens with one attached hydrogen (secondary N) is 4. The number of rotatable bonds is 8. The van der Waals surface area contributed by atoms with Crippen LogP contribution in [-0.4, -0.2) is 39.7 Å². The third kappa shape index (κ3) is 6.66. The number of urea groups is 1. The van der Waals surface area contributed by atoms with Gasteiger partial charge in [0.05, 0.1) is 6.20 Å². The quantitative estimate of drug-likeness (QED) is 0.493. The number of aromatic nitrogens is 3. The first-order valence-electron chi connectivity index (χ1n) is 8.21. The van der Waals surface area contributed by atoms with E-state index in [-0.39, 0.29) is 6.03 Å². The summed E-state index contributed by atoms with van der Waals surface area (Å²) in [5.41, 5.74) is -2.17. The van der Waals surface area contributed by atoms with Crippen LogP contribution in [0.4, 0.5) is 19.1 Å². The largest absolute Gasteiger partial charge is 0.338 e. The molecule has 0 fully saturated rings. The number of nitrogens with zero attached hydrogens (tertiary/aromatic N) is 2. The summed E-state index contributed by atoms with van der Waals surface area (Å²) in [6.45, 7) is 0.805. The van der Waals surface area contributed by atoms with Crippen LogP contribution in [0, 0.1) is 5.82 Å². The highest BCUT2D eigenvalue weighted by atomic mass is 32.1. The molecule has 3 amide bonds. The number of aromatic amines is 1. The second-order valence-corrected chi connectivity index (χ2v) is 6.37. The van der Waals surface area contributed by atoms with E-state index in [1.807, 2.05) is 0 Å². The highest BCUT2D eigenvalue weighted by molar-refractivity contribution is 7.13. The number of halogens is 1.